The fourth-order valence-electron chi connectivity index (χ4n) is 4.11. The van der Waals surface area contributed by atoms with E-state index < -0.39 is 0 Å². The van der Waals surface area contributed by atoms with Crippen LogP contribution in [0.2, 0.25) is 0 Å². The summed E-state index contributed by atoms with van der Waals surface area (Å²) in [5, 5.41) is 0. The first-order chi connectivity index (χ1) is 6.76. The molecule has 4 aliphatic carbocycles. The standard InChI is InChI=1S/C13H18O/c14-11(9-7-12(9)3-1-4-12)10-8-13(10)5-2-6-13/h9-10H,1-8H2. The van der Waals surface area contributed by atoms with E-state index in [1.165, 1.54) is 51.4 Å². The fraction of sp³-hybridized carbons (Fsp3) is 0.923. The van der Waals surface area contributed by atoms with Crippen molar-refractivity contribution in [3.63, 3.8) is 0 Å². The van der Waals surface area contributed by atoms with Gasteiger partial charge in [0.1, 0.15) is 5.78 Å². The highest BCUT2D eigenvalue weighted by atomic mass is 16.1. The van der Waals surface area contributed by atoms with Crippen LogP contribution in [0.1, 0.15) is 51.4 Å². The van der Waals surface area contributed by atoms with E-state index in [1.54, 1.807) is 0 Å². The van der Waals surface area contributed by atoms with Crippen LogP contribution in [0.5, 0.6) is 0 Å². The maximum Gasteiger partial charge on any atom is 0.140 e. The summed E-state index contributed by atoms with van der Waals surface area (Å²) in [5.41, 5.74) is 1.15. The molecule has 0 aliphatic heterocycles. The zero-order valence-electron chi connectivity index (χ0n) is 8.72. The van der Waals surface area contributed by atoms with E-state index in [1.807, 2.05) is 0 Å². The Hall–Kier alpha value is -0.330. The maximum atomic E-state index is 12.2. The van der Waals surface area contributed by atoms with E-state index in [0.717, 1.165) is 0 Å². The zero-order chi connectivity index (χ0) is 9.39. The third kappa shape index (κ3) is 0.765. The van der Waals surface area contributed by atoms with Crippen molar-refractivity contribution in [1.29, 1.82) is 0 Å². The number of ketones is 1. The summed E-state index contributed by atoms with van der Waals surface area (Å²) in [7, 11) is 0. The van der Waals surface area contributed by atoms with Crippen molar-refractivity contribution in [3.8, 4) is 0 Å². The molecule has 2 unspecified atom stereocenters. The average molecular weight is 190 g/mol. The molecule has 0 aromatic heterocycles. The van der Waals surface area contributed by atoms with E-state index in [-0.39, 0.29) is 0 Å². The lowest BCUT2D eigenvalue weighted by atomic mass is 9.76. The van der Waals surface area contributed by atoms with E-state index in [2.05, 4.69) is 0 Å². The summed E-state index contributed by atoms with van der Waals surface area (Å²) in [6, 6.07) is 0. The van der Waals surface area contributed by atoms with Gasteiger partial charge >= 0.3 is 0 Å². The molecule has 1 nitrogen and oxygen atoms in total. The van der Waals surface area contributed by atoms with Crippen LogP contribution in [0.25, 0.3) is 0 Å². The first kappa shape index (κ1) is 7.90. The van der Waals surface area contributed by atoms with E-state index >= 15 is 0 Å². The largest absolute Gasteiger partial charge is 0.299 e. The van der Waals surface area contributed by atoms with E-state index in [0.29, 0.717) is 28.4 Å². The van der Waals surface area contributed by atoms with Gasteiger partial charge < -0.3 is 0 Å². The van der Waals surface area contributed by atoms with Gasteiger partial charge in [0.2, 0.25) is 0 Å². The molecule has 4 aliphatic rings. The van der Waals surface area contributed by atoms with E-state index in [4.69, 9.17) is 0 Å². The highest BCUT2D eigenvalue weighted by Crippen LogP contribution is 2.72. The summed E-state index contributed by atoms with van der Waals surface area (Å²) >= 11 is 0. The Morgan fingerprint density at radius 3 is 1.50 bits per heavy atom. The Bertz CT molecular complexity index is 279. The van der Waals surface area contributed by atoms with Crippen molar-refractivity contribution in [2.24, 2.45) is 22.7 Å². The molecule has 4 rings (SSSR count). The van der Waals surface area contributed by atoms with Crippen LogP contribution in [0.15, 0.2) is 0 Å². The van der Waals surface area contributed by atoms with E-state index in [9.17, 15) is 4.79 Å². The fourth-order valence-corrected chi connectivity index (χ4v) is 4.11. The van der Waals surface area contributed by atoms with Crippen molar-refractivity contribution in [2.45, 2.75) is 51.4 Å². The van der Waals surface area contributed by atoms with Crippen LogP contribution in [0.4, 0.5) is 0 Å². The molecular formula is C13H18O. The molecule has 0 amide bonds. The molecule has 4 fully saturated rings. The van der Waals surface area contributed by atoms with Crippen LogP contribution < -0.4 is 0 Å². The Labute approximate surface area is 85.3 Å². The summed E-state index contributed by atoms with van der Waals surface area (Å²) in [4.78, 5) is 12.2. The van der Waals surface area contributed by atoms with Gasteiger partial charge in [0.25, 0.3) is 0 Å². The number of Topliss-reactive ketones (excluding diaryl/α,β-unsaturated/α-hetero) is 1. The molecule has 0 N–H and O–H groups in total. The van der Waals surface area contributed by atoms with Crippen LogP contribution >= 0.6 is 0 Å². The SMILES string of the molecule is O=C(C1CC12CCC2)C1CC12CCC2. The summed E-state index contributed by atoms with van der Waals surface area (Å²) < 4.78 is 0. The van der Waals surface area contributed by atoms with Gasteiger partial charge in [-0.05, 0) is 49.4 Å². The van der Waals surface area contributed by atoms with Gasteiger partial charge in [-0.15, -0.1) is 0 Å². The molecule has 0 radical (unpaired) electrons. The second-order valence-electron chi connectivity index (χ2n) is 6.35. The number of carbonyl (C=O) groups is 1. The predicted octanol–water partition coefficient (Wildman–Crippen LogP) is 2.94. The Balaban J connectivity index is 1.46. The number of rotatable bonds is 2. The lowest BCUT2D eigenvalue weighted by Gasteiger charge is -2.28. The van der Waals surface area contributed by atoms with Crippen molar-refractivity contribution in [3.05, 3.63) is 0 Å². The monoisotopic (exact) mass is 190 g/mol. The van der Waals surface area contributed by atoms with Gasteiger partial charge in [0.15, 0.2) is 0 Å². The van der Waals surface area contributed by atoms with Crippen LogP contribution in [0, 0.1) is 22.7 Å². The molecule has 0 bridgehead atoms. The highest BCUT2D eigenvalue weighted by molar-refractivity contribution is 5.90. The molecule has 1 heteroatoms. The van der Waals surface area contributed by atoms with Crippen LogP contribution in [0.3, 0.4) is 0 Å². The molecule has 2 atom stereocenters. The van der Waals surface area contributed by atoms with Gasteiger partial charge in [-0.2, -0.15) is 0 Å². The van der Waals surface area contributed by atoms with Crippen molar-refractivity contribution < 1.29 is 4.79 Å². The second kappa shape index (κ2) is 2.10. The normalized spacial score (nSPS) is 44.3. The Kier molecular flexibility index (Phi) is 1.18. The lowest BCUT2D eigenvalue weighted by Crippen LogP contribution is -2.23. The summed E-state index contributed by atoms with van der Waals surface area (Å²) in [6.45, 7) is 0. The summed E-state index contributed by atoms with van der Waals surface area (Å²) in [5.74, 6) is 1.74. The summed E-state index contributed by atoms with van der Waals surface area (Å²) in [6.07, 6.45) is 10.8. The van der Waals surface area contributed by atoms with Crippen molar-refractivity contribution in [2.75, 3.05) is 0 Å². The third-order valence-corrected chi connectivity index (χ3v) is 5.77. The molecule has 0 saturated heterocycles. The molecule has 14 heavy (non-hydrogen) atoms. The van der Waals surface area contributed by atoms with Crippen molar-refractivity contribution in [1.82, 2.24) is 0 Å². The Morgan fingerprint density at radius 2 is 1.29 bits per heavy atom. The van der Waals surface area contributed by atoms with Gasteiger partial charge in [-0.3, -0.25) is 4.79 Å². The molecule has 4 saturated carbocycles. The highest BCUT2D eigenvalue weighted by Gasteiger charge is 2.68. The molecular weight excluding hydrogens is 172 g/mol. The van der Waals surface area contributed by atoms with Gasteiger partial charge in [-0.1, -0.05) is 12.8 Å². The predicted molar refractivity (Wildman–Crippen MR) is 53.8 cm³/mol. The van der Waals surface area contributed by atoms with Gasteiger partial charge in [0.05, 0.1) is 0 Å². The molecule has 2 spiro atoms. The lowest BCUT2D eigenvalue weighted by molar-refractivity contribution is -0.124. The third-order valence-electron chi connectivity index (χ3n) is 5.77. The molecule has 0 aromatic rings. The number of carbonyl (C=O) groups excluding carboxylic acids is 1. The van der Waals surface area contributed by atoms with Crippen LogP contribution in [-0.2, 0) is 4.79 Å². The number of hydrogen-bond acceptors (Lipinski definition) is 1. The average Bonchev–Trinajstić information content (AvgIpc) is 2.93. The number of hydrogen-bond donors (Lipinski definition) is 0. The first-order valence-corrected chi connectivity index (χ1v) is 6.30. The minimum Gasteiger partial charge on any atom is -0.299 e. The van der Waals surface area contributed by atoms with Crippen LogP contribution in [-0.4, -0.2) is 5.78 Å². The minimum atomic E-state index is 0.529. The first-order valence-electron chi connectivity index (χ1n) is 6.30. The van der Waals surface area contributed by atoms with Gasteiger partial charge in [0, 0.05) is 11.8 Å². The molecule has 0 heterocycles. The second-order valence-corrected chi connectivity index (χ2v) is 6.35. The Morgan fingerprint density at radius 1 is 0.857 bits per heavy atom. The topological polar surface area (TPSA) is 17.1 Å². The minimum absolute atomic E-state index is 0.529. The molecule has 76 valence electrons. The zero-order valence-corrected chi connectivity index (χ0v) is 8.72. The van der Waals surface area contributed by atoms with Crippen molar-refractivity contribution >= 4 is 5.78 Å². The smallest absolute Gasteiger partial charge is 0.140 e. The maximum absolute atomic E-state index is 12.2. The van der Waals surface area contributed by atoms with Gasteiger partial charge in [-0.25, -0.2) is 0 Å². The quantitative estimate of drug-likeness (QED) is 0.654. The molecule has 0 aromatic carbocycles.